The average molecular weight is 355 g/mol. The van der Waals surface area contributed by atoms with E-state index in [1.165, 1.54) is 0 Å². The quantitative estimate of drug-likeness (QED) is 0.616. The molecule has 0 spiro atoms. The lowest BCUT2D eigenvalue weighted by Crippen LogP contribution is -2.37. The largest absolute Gasteiger partial charge is 0.271 e. The molecule has 20 heavy (non-hydrogen) atoms. The Balaban J connectivity index is 1.95. The fourth-order valence-corrected chi connectivity index (χ4v) is 2.82. The van der Waals surface area contributed by atoms with E-state index in [1.807, 2.05) is 42.6 Å². The summed E-state index contributed by atoms with van der Waals surface area (Å²) in [6.45, 7) is 0. The van der Waals surface area contributed by atoms with Crippen molar-refractivity contribution < 1.29 is 0 Å². The van der Waals surface area contributed by atoms with Crippen molar-refractivity contribution in [3.05, 3.63) is 63.3 Å². The molecule has 0 amide bonds. The lowest BCUT2D eigenvalue weighted by molar-refractivity contribution is 0.489. The molecule has 0 aliphatic carbocycles. The first-order valence-electron chi connectivity index (χ1n) is 6.49. The van der Waals surface area contributed by atoms with E-state index < -0.39 is 0 Å². The number of aryl methyl sites for hydroxylation is 1. The Morgan fingerprint density at radius 1 is 1.30 bits per heavy atom. The van der Waals surface area contributed by atoms with Gasteiger partial charge in [0.05, 0.1) is 0 Å². The number of hydrazine groups is 1. The Labute approximate surface area is 132 Å². The lowest BCUT2D eigenvalue weighted by Gasteiger charge is -2.16. The van der Waals surface area contributed by atoms with Crippen LogP contribution >= 0.6 is 27.5 Å². The number of nitrogens with two attached hydrogens (primary N) is 1. The maximum absolute atomic E-state index is 6.24. The molecule has 0 saturated carbocycles. The minimum Gasteiger partial charge on any atom is -0.271 e. The van der Waals surface area contributed by atoms with Crippen LogP contribution in [0.1, 0.15) is 17.7 Å². The lowest BCUT2D eigenvalue weighted by atomic mass is 10.0. The standard InChI is InChI=1S/C15H17BrClN3/c16-12-5-4-11(15(17)10-12)9-14(20-18)7-6-13-3-1-2-8-19-13/h1-5,8,10,14,20H,6-7,9,18H2. The van der Waals surface area contributed by atoms with Crippen LogP contribution in [0.3, 0.4) is 0 Å². The van der Waals surface area contributed by atoms with Crippen LogP contribution in [0.5, 0.6) is 0 Å². The molecular formula is C15H17BrClN3. The number of rotatable bonds is 6. The van der Waals surface area contributed by atoms with E-state index in [0.717, 1.165) is 40.0 Å². The number of nitrogens with zero attached hydrogens (tertiary/aromatic N) is 1. The van der Waals surface area contributed by atoms with Crippen molar-refractivity contribution in [2.24, 2.45) is 5.84 Å². The summed E-state index contributed by atoms with van der Waals surface area (Å²) in [5.74, 6) is 5.64. The predicted octanol–water partition coefficient (Wildman–Crippen LogP) is 3.50. The monoisotopic (exact) mass is 353 g/mol. The maximum atomic E-state index is 6.24. The maximum Gasteiger partial charge on any atom is 0.0449 e. The first kappa shape index (κ1) is 15.4. The molecule has 2 rings (SSSR count). The molecule has 0 radical (unpaired) electrons. The summed E-state index contributed by atoms with van der Waals surface area (Å²) < 4.78 is 0.983. The van der Waals surface area contributed by atoms with Crippen molar-refractivity contribution >= 4 is 27.5 Å². The minimum absolute atomic E-state index is 0.177. The normalized spacial score (nSPS) is 12.3. The Kier molecular flexibility index (Phi) is 5.98. The van der Waals surface area contributed by atoms with Crippen LogP contribution in [0.4, 0.5) is 0 Å². The SMILES string of the molecule is NNC(CCc1ccccn1)Cc1ccc(Br)cc1Cl. The van der Waals surface area contributed by atoms with E-state index in [9.17, 15) is 0 Å². The van der Waals surface area contributed by atoms with E-state index >= 15 is 0 Å². The van der Waals surface area contributed by atoms with Crippen LogP contribution in [-0.2, 0) is 12.8 Å². The van der Waals surface area contributed by atoms with Gasteiger partial charge in [0, 0.05) is 27.4 Å². The fraction of sp³-hybridized carbons (Fsp3) is 0.267. The zero-order chi connectivity index (χ0) is 14.4. The molecule has 3 N–H and O–H groups in total. The number of benzene rings is 1. The first-order valence-corrected chi connectivity index (χ1v) is 7.66. The number of aromatic nitrogens is 1. The van der Waals surface area contributed by atoms with Gasteiger partial charge < -0.3 is 0 Å². The second-order valence-corrected chi connectivity index (χ2v) is 5.99. The zero-order valence-electron chi connectivity index (χ0n) is 11.0. The van der Waals surface area contributed by atoms with Gasteiger partial charge in [0.15, 0.2) is 0 Å². The van der Waals surface area contributed by atoms with Crippen LogP contribution in [0.25, 0.3) is 0 Å². The van der Waals surface area contributed by atoms with E-state index in [2.05, 4.69) is 26.3 Å². The third-order valence-electron chi connectivity index (χ3n) is 3.19. The second kappa shape index (κ2) is 7.74. The Bertz CT molecular complexity index is 548. The van der Waals surface area contributed by atoms with E-state index in [0.29, 0.717) is 0 Å². The van der Waals surface area contributed by atoms with E-state index in [1.54, 1.807) is 0 Å². The van der Waals surface area contributed by atoms with Gasteiger partial charge in [0.2, 0.25) is 0 Å². The van der Waals surface area contributed by atoms with Crippen molar-refractivity contribution in [3.63, 3.8) is 0 Å². The molecule has 1 atom stereocenters. The van der Waals surface area contributed by atoms with Gasteiger partial charge in [0.25, 0.3) is 0 Å². The van der Waals surface area contributed by atoms with Gasteiger partial charge in [-0.3, -0.25) is 16.3 Å². The summed E-state index contributed by atoms with van der Waals surface area (Å²) in [4.78, 5) is 4.32. The number of halogens is 2. The highest BCUT2D eigenvalue weighted by atomic mass is 79.9. The highest BCUT2D eigenvalue weighted by molar-refractivity contribution is 9.10. The van der Waals surface area contributed by atoms with Crippen molar-refractivity contribution in [1.29, 1.82) is 0 Å². The summed E-state index contributed by atoms with van der Waals surface area (Å²) in [7, 11) is 0. The van der Waals surface area contributed by atoms with Gasteiger partial charge in [-0.05, 0) is 49.1 Å². The molecule has 0 bridgehead atoms. The first-order chi connectivity index (χ1) is 9.69. The number of hydrogen-bond acceptors (Lipinski definition) is 3. The fourth-order valence-electron chi connectivity index (χ4n) is 2.07. The summed E-state index contributed by atoms with van der Waals surface area (Å²) in [5.41, 5.74) is 5.04. The van der Waals surface area contributed by atoms with Crippen LogP contribution in [0, 0.1) is 0 Å². The third-order valence-corrected chi connectivity index (χ3v) is 4.04. The number of pyridine rings is 1. The van der Waals surface area contributed by atoms with Gasteiger partial charge in [-0.15, -0.1) is 0 Å². The van der Waals surface area contributed by atoms with E-state index in [4.69, 9.17) is 17.4 Å². The minimum atomic E-state index is 0.177. The Morgan fingerprint density at radius 2 is 2.15 bits per heavy atom. The third kappa shape index (κ3) is 4.56. The van der Waals surface area contributed by atoms with Gasteiger partial charge >= 0.3 is 0 Å². The molecule has 1 unspecified atom stereocenters. The van der Waals surface area contributed by atoms with Crippen LogP contribution in [-0.4, -0.2) is 11.0 Å². The molecule has 0 fully saturated rings. The molecule has 0 saturated heterocycles. The molecule has 5 heteroatoms. The summed E-state index contributed by atoms with van der Waals surface area (Å²) in [5, 5.41) is 0.762. The molecule has 2 aromatic rings. The molecule has 0 aliphatic rings. The predicted molar refractivity (Wildman–Crippen MR) is 86.5 cm³/mol. The average Bonchev–Trinajstić information content (AvgIpc) is 2.46. The molecule has 1 aromatic heterocycles. The van der Waals surface area contributed by atoms with Crippen LogP contribution in [0.15, 0.2) is 47.1 Å². The van der Waals surface area contributed by atoms with Crippen LogP contribution < -0.4 is 11.3 Å². The van der Waals surface area contributed by atoms with Gasteiger partial charge in [-0.25, -0.2) is 0 Å². The topological polar surface area (TPSA) is 50.9 Å². The summed E-state index contributed by atoms with van der Waals surface area (Å²) in [6, 6.07) is 12.0. The van der Waals surface area contributed by atoms with Crippen molar-refractivity contribution in [2.45, 2.75) is 25.3 Å². The second-order valence-electron chi connectivity index (χ2n) is 4.66. The highest BCUT2D eigenvalue weighted by Gasteiger charge is 2.11. The number of hydrogen-bond donors (Lipinski definition) is 2. The van der Waals surface area contributed by atoms with Gasteiger partial charge in [-0.2, -0.15) is 0 Å². The molecule has 106 valence electrons. The molecule has 0 aliphatic heterocycles. The van der Waals surface area contributed by atoms with Gasteiger partial charge in [0.1, 0.15) is 0 Å². The zero-order valence-corrected chi connectivity index (χ0v) is 13.4. The van der Waals surface area contributed by atoms with Crippen LogP contribution in [0.2, 0.25) is 5.02 Å². The Hall–Kier alpha value is -0.940. The van der Waals surface area contributed by atoms with Crippen molar-refractivity contribution in [2.75, 3.05) is 0 Å². The summed E-state index contributed by atoms with van der Waals surface area (Å²) in [6.07, 6.45) is 4.42. The Morgan fingerprint density at radius 3 is 2.80 bits per heavy atom. The van der Waals surface area contributed by atoms with Crippen molar-refractivity contribution in [3.8, 4) is 0 Å². The summed E-state index contributed by atoms with van der Waals surface area (Å²) >= 11 is 9.64. The highest BCUT2D eigenvalue weighted by Crippen LogP contribution is 2.23. The molecule has 1 heterocycles. The molecule has 1 aromatic carbocycles. The van der Waals surface area contributed by atoms with E-state index in [-0.39, 0.29) is 6.04 Å². The molecular weight excluding hydrogens is 338 g/mol. The van der Waals surface area contributed by atoms with Crippen molar-refractivity contribution in [1.82, 2.24) is 10.4 Å². The molecule has 3 nitrogen and oxygen atoms in total. The van der Waals surface area contributed by atoms with Gasteiger partial charge in [-0.1, -0.05) is 39.7 Å². The smallest absolute Gasteiger partial charge is 0.0449 e. The number of nitrogens with one attached hydrogen (secondary N) is 1.